The van der Waals surface area contributed by atoms with E-state index in [1.165, 1.54) is 0 Å². The zero-order chi connectivity index (χ0) is 15.7. The van der Waals surface area contributed by atoms with Crippen molar-refractivity contribution in [3.8, 4) is 5.75 Å². The molecule has 0 aliphatic heterocycles. The smallest absolute Gasteiger partial charge is 0.476 e. The summed E-state index contributed by atoms with van der Waals surface area (Å²) in [5.41, 5.74) is -4.48. The molecule has 0 fully saturated rings. The largest absolute Gasteiger partial charge is 0.573 e. The van der Waals surface area contributed by atoms with Crippen LogP contribution in [0.5, 0.6) is 5.75 Å². The first-order chi connectivity index (χ1) is 8.97. The third-order valence-corrected chi connectivity index (χ3v) is 2.24. The molecule has 0 amide bonds. The van der Waals surface area contributed by atoms with Crippen molar-refractivity contribution in [1.82, 2.24) is 4.98 Å². The Labute approximate surface area is 111 Å². The second-order valence-corrected chi connectivity index (χ2v) is 3.59. The molecule has 1 N–H and O–H groups in total. The molecule has 0 saturated carbocycles. The van der Waals surface area contributed by atoms with Gasteiger partial charge in [0, 0.05) is 11.8 Å². The lowest BCUT2D eigenvalue weighted by Gasteiger charge is -2.18. The molecular formula is C9H4ClF6NO3. The van der Waals surface area contributed by atoms with Crippen molar-refractivity contribution in [2.45, 2.75) is 18.4 Å². The van der Waals surface area contributed by atoms with Gasteiger partial charge in [0.05, 0.1) is 5.88 Å². The Bertz CT molecular complexity index is 528. The Morgan fingerprint density at radius 1 is 1.30 bits per heavy atom. The normalized spacial score (nSPS) is 12.3. The highest BCUT2D eigenvalue weighted by atomic mass is 35.5. The average Bonchev–Trinajstić information content (AvgIpc) is 2.24. The third kappa shape index (κ3) is 3.65. The molecule has 0 saturated heterocycles. The summed E-state index contributed by atoms with van der Waals surface area (Å²) in [7, 11) is 0. The fourth-order valence-corrected chi connectivity index (χ4v) is 1.48. The van der Waals surface area contributed by atoms with Crippen LogP contribution in [0.1, 0.15) is 21.6 Å². The highest BCUT2D eigenvalue weighted by Crippen LogP contribution is 2.42. The van der Waals surface area contributed by atoms with E-state index in [9.17, 15) is 31.1 Å². The number of halogens is 7. The molecule has 0 aromatic carbocycles. The first-order valence-corrected chi connectivity index (χ1v) is 5.15. The number of carbonyl (C=O) groups is 1. The van der Waals surface area contributed by atoms with Crippen LogP contribution >= 0.6 is 11.6 Å². The van der Waals surface area contributed by atoms with Gasteiger partial charge in [0.1, 0.15) is 11.3 Å². The fourth-order valence-electron chi connectivity index (χ4n) is 1.29. The number of nitrogens with zero attached hydrogens (tertiary/aromatic N) is 1. The number of hydrogen-bond donors (Lipinski definition) is 1. The van der Waals surface area contributed by atoms with Crippen LogP contribution in [0.2, 0.25) is 0 Å². The molecule has 0 radical (unpaired) electrons. The molecular weight excluding hydrogens is 320 g/mol. The Morgan fingerprint density at radius 3 is 2.20 bits per heavy atom. The van der Waals surface area contributed by atoms with Crippen LogP contribution in [0.4, 0.5) is 26.3 Å². The number of rotatable bonds is 3. The average molecular weight is 324 g/mol. The number of pyridine rings is 1. The molecule has 0 bridgehead atoms. The second-order valence-electron chi connectivity index (χ2n) is 3.32. The molecule has 0 aliphatic rings. The molecule has 11 heteroatoms. The van der Waals surface area contributed by atoms with E-state index in [4.69, 9.17) is 16.7 Å². The lowest BCUT2D eigenvalue weighted by atomic mass is 10.1. The second kappa shape index (κ2) is 5.35. The molecule has 1 aromatic heterocycles. The predicted octanol–water partition coefficient (Wildman–Crippen LogP) is 3.44. The minimum Gasteiger partial charge on any atom is -0.476 e. The first-order valence-electron chi connectivity index (χ1n) is 4.61. The summed E-state index contributed by atoms with van der Waals surface area (Å²) >= 11 is 5.21. The molecule has 0 unspecified atom stereocenters. The monoisotopic (exact) mass is 323 g/mol. The zero-order valence-corrected chi connectivity index (χ0v) is 9.90. The van der Waals surface area contributed by atoms with Crippen LogP contribution in [0.3, 0.4) is 0 Å². The summed E-state index contributed by atoms with van der Waals surface area (Å²) in [6.07, 6.45) is -10.4. The molecule has 0 aliphatic carbocycles. The van der Waals surface area contributed by atoms with Crippen molar-refractivity contribution in [1.29, 1.82) is 0 Å². The predicted molar refractivity (Wildman–Crippen MR) is 52.4 cm³/mol. The molecule has 112 valence electrons. The third-order valence-electron chi connectivity index (χ3n) is 1.95. The maximum atomic E-state index is 12.8. The summed E-state index contributed by atoms with van der Waals surface area (Å²) < 4.78 is 78.0. The lowest BCUT2D eigenvalue weighted by molar-refractivity contribution is -0.276. The number of carboxylic acids is 1. The van der Waals surface area contributed by atoms with Crippen LogP contribution in [0.25, 0.3) is 0 Å². The van der Waals surface area contributed by atoms with Crippen LogP contribution < -0.4 is 4.74 Å². The molecule has 0 spiro atoms. The van der Waals surface area contributed by atoms with E-state index in [1.807, 2.05) is 0 Å². The highest BCUT2D eigenvalue weighted by molar-refractivity contribution is 6.17. The van der Waals surface area contributed by atoms with Crippen molar-refractivity contribution in [2.24, 2.45) is 0 Å². The molecule has 4 nitrogen and oxygen atoms in total. The van der Waals surface area contributed by atoms with Gasteiger partial charge >= 0.3 is 18.5 Å². The van der Waals surface area contributed by atoms with E-state index in [0.717, 1.165) is 0 Å². The number of aromatic carboxylic acids is 1. The van der Waals surface area contributed by atoms with Crippen molar-refractivity contribution in [3.63, 3.8) is 0 Å². The molecule has 20 heavy (non-hydrogen) atoms. The van der Waals surface area contributed by atoms with Crippen LogP contribution in [0, 0.1) is 0 Å². The van der Waals surface area contributed by atoms with E-state index in [2.05, 4.69) is 9.72 Å². The van der Waals surface area contributed by atoms with E-state index in [0.29, 0.717) is 6.20 Å². The van der Waals surface area contributed by atoms with Gasteiger partial charge in [-0.25, -0.2) is 9.78 Å². The summed E-state index contributed by atoms with van der Waals surface area (Å²) in [5.74, 6) is -4.64. The van der Waals surface area contributed by atoms with Gasteiger partial charge in [-0.05, 0) is 0 Å². The van der Waals surface area contributed by atoms with E-state index in [-0.39, 0.29) is 0 Å². The number of hydrogen-bond acceptors (Lipinski definition) is 3. The van der Waals surface area contributed by atoms with Gasteiger partial charge in [-0.15, -0.1) is 24.8 Å². The Kier molecular flexibility index (Phi) is 4.37. The van der Waals surface area contributed by atoms with Crippen molar-refractivity contribution in [2.75, 3.05) is 0 Å². The number of ether oxygens (including phenoxy) is 1. The lowest BCUT2D eigenvalue weighted by Crippen LogP contribution is -2.24. The maximum Gasteiger partial charge on any atom is 0.573 e. The van der Waals surface area contributed by atoms with Gasteiger partial charge in [0.2, 0.25) is 0 Å². The SMILES string of the molecule is O=C(O)c1ncc(CCl)c(OC(F)(F)F)c1C(F)(F)F. The highest BCUT2D eigenvalue weighted by Gasteiger charge is 2.44. The Morgan fingerprint density at radius 2 is 1.85 bits per heavy atom. The summed E-state index contributed by atoms with van der Waals surface area (Å²) in [6.45, 7) is 0. The van der Waals surface area contributed by atoms with Gasteiger partial charge in [0.15, 0.2) is 5.69 Å². The first kappa shape index (κ1) is 16.3. The number of carboxylic acid groups (broad SMARTS) is 1. The summed E-state index contributed by atoms with van der Waals surface area (Å²) in [5, 5.41) is 8.58. The van der Waals surface area contributed by atoms with E-state index >= 15 is 0 Å². The topological polar surface area (TPSA) is 59.4 Å². The van der Waals surface area contributed by atoms with Gasteiger partial charge in [0.25, 0.3) is 0 Å². The summed E-state index contributed by atoms with van der Waals surface area (Å²) in [4.78, 5) is 13.6. The van der Waals surface area contributed by atoms with Crippen molar-refractivity contribution >= 4 is 17.6 Å². The van der Waals surface area contributed by atoms with Gasteiger partial charge in [-0.2, -0.15) is 13.2 Å². The quantitative estimate of drug-likeness (QED) is 0.684. The zero-order valence-electron chi connectivity index (χ0n) is 9.14. The maximum absolute atomic E-state index is 12.8. The number of alkyl halides is 7. The van der Waals surface area contributed by atoms with Crippen LogP contribution in [-0.2, 0) is 12.1 Å². The molecule has 1 rings (SSSR count). The van der Waals surface area contributed by atoms with E-state index < -0.39 is 47.0 Å². The number of aromatic nitrogens is 1. The molecule has 1 heterocycles. The van der Waals surface area contributed by atoms with Gasteiger partial charge in [-0.1, -0.05) is 0 Å². The Balaban J connectivity index is 3.65. The van der Waals surface area contributed by atoms with Crippen molar-refractivity contribution in [3.05, 3.63) is 23.0 Å². The minimum atomic E-state index is -5.45. The van der Waals surface area contributed by atoms with Crippen LogP contribution in [-0.4, -0.2) is 22.4 Å². The van der Waals surface area contributed by atoms with Gasteiger partial charge in [-0.3, -0.25) is 0 Å². The minimum absolute atomic E-state index is 0.479. The van der Waals surface area contributed by atoms with E-state index in [1.54, 1.807) is 0 Å². The van der Waals surface area contributed by atoms with Crippen molar-refractivity contribution < 1.29 is 41.0 Å². The molecule has 1 aromatic rings. The standard InChI is InChI=1S/C9H4ClF6NO3/c10-1-3-2-17-5(7(18)19)4(8(11,12)13)6(3)20-9(14,15)16/h2H,1H2,(H,18,19). The Hall–Kier alpha value is -1.71. The molecule has 0 atom stereocenters. The summed E-state index contributed by atoms with van der Waals surface area (Å²) in [6, 6.07) is 0. The fraction of sp³-hybridized carbons (Fsp3) is 0.333. The van der Waals surface area contributed by atoms with Gasteiger partial charge < -0.3 is 9.84 Å². The van der Waals surface area contributed by atoms with Crippen LogP contribution in [0.15, 0.2) is 6.20 Å².